The highest BCUT2D eigenvalue weighted by Gasteiger charge is 2.21. The number of halogens is 1. The largest absolute Gasteiger partial charge is 0.493 e. The zero-order valence-electron chi connectivity index (χ0n) is 19.2. The van der Waals surface area contributed by atoms with Gasteiger partial charge in [-0.05, 0) is 74.3 Å². The van der Waals surface area contributed by atoms with E-state index in [0.717, 1.165) is 55.0 Å². The van der Waals surface area contributed by atoms with Gasteiger partial charge in [0.1, 0.15) is 17.3 Å². The number of aryl methyl sites for hydroxylation is 1. The summed E-state index contributed by atoms with van der Waals surface area (Å²) in [5.74, 6) is 1.91. The first-order valence-electron chi connectivity index (χ1n) is 11.6. The van der Waals surface area contributed by atoms with Crippen LogP contribution in [-0.4, -0.2) is 39.7 Å². The van der Waals surface area contributed by atoms with Gasteiger partial charge >= 0.3 is 0 Å². The fourth-order valence-electron chi connectivity index (χ4n) is 4.37. The fraction of sp³-hybridized carbons (Fsp3) is 0.296. The number of benzene rings is 2. The second-order valence-electron chi connectivity index (χ2n) is 8.80. The molecule has 0 saturated carbocycles. The molecule has 0 bridgehead atoms. The van der Waals surface area contributed by atoms with Gasteiger partial charge in [0.25, 0.3) is 5.89 Å². The first kappa shape index (κ1) is 22.2. The lowest BCUT2D eigenvalue weighted by atomic mass is 9.98. The molecular weight excluding hydrogens is 431 g/mol. The smallest absolute Gasteiger partial charge is 0.258 e. The molecular formula is C27H27FN4O2. The molecule has 0 amide bonds. The Hall–Kier alpha value is -3.58. The highest BCUT2D eigenvalue weighted by molar-refractivity contribution is 5.59. The van der Waals surface area contributed by atoms with Crippen LogP contribution in [0.3, 0.4) is 0 Å². The summed E-state index contributed by atoms with van der Waals surface area (Å²) in [5.41, 5.74) is 3.40. The van der Waals surface area contributed by atoms with Crippen molar-refractivity contribution < 1.29 is 13.7 Å². The van der Waals surface area contributed by atoms with Crippen LogP contribution in [0.5, 0.6) is 5.75 Å². The number of hydrogen-bond acceptors (Lipinski definition) is 6. The van der Waals surface area contributed by atoms with E-state index in [1.165, 1.54) is 6.07 Å². The molecule has 6 nitrogen and oxygen atoms in total. The molecule has 174 valence electrons. The Kier molecular flexibility index (Phi) is 6.62. The highest BCUT2D eigenvalue weighted by Crippen LogP contribution is 2.26. The van der Waals surface area contributed by atoms with Crippen molar-refractivity contribution in [3.05, 3.63) is 83.8 Å². The number of aromatic nitrogens is 3. The van der Waals surface area contributed by atoms with Crippen LogP contribution in [0.4, 0.5) is 4.39 Å². The molecule has 1 saturated heterocycles. The molecule has 34 heavy (non-hydrogen) atoms. The molecule has 2 aromatic carbocycles. The summed E-state index contributed by atoms with van der Waals surface area (Å²) in [6.45, 7) is 5.28. The highest BCUT2D eigenvalue weighted by atomic mass is 19.1. The van der Waals surface area contributed by atoms with Crippen molar-refractivity contribution in [3.63, 3.8) is 0 Å². The Morgan fingerprint density at radius 1 is 1.06 bits per heavy atom. The Labute approximate surface area is 198 Å². The summed E-state index contributed by atoms with van der Waals surface area (Å²) in [4.78, 5) is 11.3. The molecule has 0 spiro atoms. The van der Waals surface area contributed by atoms with Crippen LogP contribution < -0.4 is 4.74 Å². The quantitative estimate of drug-likeness (QED) is 0.362. The van der Waals surface area contributed by atoms with Crippen molar-refractivity contribution in [3.8, 4) is 28.7 Å². The number of likely N-dealkylation sites (tertiary alicyclic amines) is 1. The number of rotatable bonds is 7. The van der Waals surface area contributed by atoms with Gasteiger partial charge in [-0.15, -0.1) is 0 Å². The van der Waals surface area contributed by atoms with Crippen LogP contribution in [-0.2, 0) is 6.54 Å². The van der Waals surface area contributed by atoms with E-state index in [1.807, 2.05) is 55.5 Å². The molecule has 0 aliphatic carbocycles. The van der Waals surface area contributed by atoms with Crippen molar-refractivity contribution in [1.29, 1.82) is 0 Å². The second kappa shape index (κ2) is 10.1. The lowest BCUT2D eigenvalue weighted by Crippen LogP contribution is -2.37. The summed E-state index contributed by atoms with van der Waals surface area (Å²) < 4.78 is 25.1. The lowest BCUT2D eigenvalue weighted by molar-refractivity contribution is 0.125. The number of piperidine rings is 1. The van der Waals surface area contributed by atoms with Crippen LogP contribution in [0, 0.1) is 18.7 Å². The van der Waals surface area contributed by atoms with Gasteiger partial charge in [0.05, 0.1) is 6.61 Å². The summed E-state index contributed by atoms with van der Waals surface area (Å²) in [7, 11) is 0. The molecule has 1 aliphatic heterocycles. The SMILES string of the molecule is Cc1cccc(-c2noc(-c3cccc(OCC4CCCN(Cc5cccc(F)c5)C4)c3)n2)n1. The van der Waals surface area contributed by atoms with Crippen molar-refractivity contribution >= 4 is 0 Å². The van der Waals surface area contributed by atoms with E-state index in [-0.39, 0.29) is 5.82 Å². The van der Waals surface area contributed by atoms with Crippen molar-refractivity contribution in [2.75, 3.05) is 19.7 Å². The van der Waals surface area contributed by atoms with Crippen LogP contribution in [0.15, 0.2) is 71.3 Å². The normalized spacial score (nSPS) is 16.5. The third-order valence-electron chi connectivity index (χ3n) is 6.01. The Morgan fingerprint density at radius 2 is 1.94 bits per heavy atom. The molecule has 1 aliphatic rings. The Bertz CT molecular complexity index is 1260. The third kappa shape index (κ3) is 5.48. The van der Waals surface area contributed by atoms with Crippen molar-refractivity contribution in [2.45, 2.75) is 26.3 Å². The van der Waals surface area contributed by atoms with E-state index < -0.39 is 0 Å². The molecule has 2 aromatic heterocycles. The van der Waals surface area contributed by atoms with Gasteiger partial charge in [-0.3, -0.25) is 4.90 Å². The van der Waals surface area contributed by atoms with Gasteiger partial charge in [0.15, 0.2) is 0 Å². The van der Waals surface area contributed by atoms with Crippen LogP contribution in [0.1, 0.15) is 24.1 Å². The van der Waals surface area contributed by atoms with Gasteiger partial charge in [-0.1, -0.05) is 29.4 Å². The van der Waals surface area contributed by atoms with Gasteiger partial charge in [0.2, 0.25) is 5.82 Å². The molecule has 5 rings (SSSR count). The molecule has 0 radical (unpaired) electrons. The average molecular weight is 459 g/mol. The maximum absolute atomic E-state index is 13.5. The monoisotopic (exact) mass is 458 g/mol. The van der Waals surface area contributed by atoms with Gasteiger partial charge in [-0.2, -0.15) is 4.98 Å². The van der Waals surface area contributed by atoms with E-state index in [0.29, 0.717) is 29.9 Å². The van der Waals surface area contributed by atoms with Crippen molar-refractivity contribution in [2.24, 2.45) is 5.92 Å². The summed E-state index contributed by atoms with van der Waals surface area (Å²) >= 11 is 0. The lowest BCUT2D eigenvalue weighted by Gasteiger charge is -2.32. The fourth-order valence-corrected chi connectivity index (χ4v) is 4.37. The van der Waals surface area contributed by atoms with Crippen LogP contribution in [0.2, 0.25) is 0 Å². The molecule has 7 heteroatoms. The number of hydrogen-bond donors (Lipinski definition) is 0. The number of ether oxygens (including phenoxy) is 1. The zero-order chi connectivity index (χ0) is 23.3. The zero-order valence-corrected chi connectivity index (χ0v) is 19.2. The van der Waals surface area contributed by atoms with Crippen LogP contribution >= 0.6 is 0 Å². The van der Waals surface area contributed by atoms with Gasteiger partial charge < -0.3 is 9.26 Å². The minimum Gasteiger partial charge on any atom is -0.493 e. The molecule has 0 N–H and O–H groups in total. The predicted octanol–water partition coefficient (Wildman–Crippen LogP) is 5.54. The third-order valence-corrected chi connectivity index (χ3v) is 6.01. The summed E-state index contributed by atoms with van der Waals surface area (Å²) in [6, 6.07) is 20.3. The molecule has 4 aromatic rings. The average Bonchev–Trinajstić information content (AvgIpc) is 3.34. The van der Waals surface area contributed by atoms with E-state index in [1.54, 1.807) is 12.1 Å². The van der Waals surface area contributed by atoms with Crippen LogP contribution in [0.25, 0.3) is 23.0 Å². The Balaban J connectivity index is 1.20. The molecule has 1 atom stereocenters. The predicted molar refractivity (Wildman–Crippen MR) is 128 cm³/mol. The minimum absolute atomic E-state index is 0.183. The first-order chi connectivity index (χ1) is 16.6. The second-order valence-corrected chi connectivity index (χ2v) is 8.80. The maximum Gasteiger partial charge on any atom is 0.258 e. The van der Waals surface area contributed by atoms with E-state index in [4.69, 9.17) is 9.26 Å². The van der Waals surface area contributed by atoms with E-state index in [2.05, 4.69) is 20.0 Å². The molecule has 3 heterocycles. The van der Waals surface area contributed by atoms with Gasteiger partial charge in [0, 0.05) is 30.3 Å². The summed E-state index contributed by atoms with van der Waals surface area (Å²) in [6.07, 6.45) is 2.23. The minimum atomic E-state index is -0.183. The molecule has 1 fully saturated rings. The maximum atomic E-state index is 13.5. The van der Waals surface area contributed by atoms with Crippen molar-refractivity contribution in [1.82, 2.24) is 20.0 Å². The standard InChI is InChI=1S/C27H27FN4O2/c1-19-6-2-12-25(29-19)26-30-27(34-31-26)22-9-4-11-24(15-22)33-18-21-8-5-13-32(17-21)16-20-7-3-10-23(28)14-20/h2-4,6-7,9-12,14-15,21H,5,8,13,16-18H2,1H3. The summed E-state index contributed by atoms with van der Waals surface area (Å²) in [5, 5.41) is 4.08. The first-order valence-corrected chi connectivity index (χ1v) is 11.6. The van der Waals surface area contributed by atoms with Gasteiger partial charge in [-0.25, -0.2) is 9.37 Å². The topological polar surface area (TPSA) is 64.3 Å². The van der Waals surface area contributed by atoms with E-state index >= 15 is 0 Å². The Morgan fingerprint density at radius 3 is 2.82 bits per heavy atom. The number of pyridine rings is 1. The molecule has 1 unspecified atom stereocenters. The van der Waals surface area contributed by atoms with E-state index in [9.17, 15) is 4.39 Å². The number of nitrogens with zero attached hydrogens (tertiary/aromatic N) is 4.